The van der Waals surface area contributed by atoms with E-state index in [4.69, 9.17) is 14.2 Å². The van der Waals surface area contributed by atoms with E-state index in [2.05, 4.69) is 0 Å². The van der Waals surface area contributed by atoms with E-state index in [0.29, 0.717) is 24.7 Å². The number of hydrogen-bond acceptors (Lipinski definition) is 4. The van der Waals surface area contributed by atoms with E-state index in [1.54, 1.807) is 13.2 Å². The molecule has 0 aliphatic heterocycles. The van der Waals surface area contributed by atoms with Gasteiger partial charge in [0.25, 0.3) is 0 Å². The van der Waals surface area contributed by atoms with Gasteiger partial charge in [0.05, 0.1) is 18.8 Å². The molecule has 0 saturated heterocycles. The molecule has 142 valence electrons. The zero-order valence-electron chi connectivity index (χ0n) is 15.9. The summed E-state index contributed by atoms with van der Waals surface area (Å²) in [5.74, 6) is -0.0904. The first-order chi connectivity index (χ1) is 12.6. The van der Waals surface area contributed by atoms with Crippen LogP contribution < -0.4 is 9.47 Å². The monoisotopic (exact) mass is 360 g/mol. The summed E-state index contributed by atoms with van der Waals surface area (Å²) >= 11 is 0. The average molecular weight is 360 g/mol. The summed E-state index contributed by atoms with van der Waals surface area (Å²) in [6.07, 6.45) is 0.560. The molecule has 0 amide bonds. The van der Waals surface area contributed by atoms with Crippen molar-refractivity contribution < 1.29 is 24.1 Å². The molecule has 0 heterocycles. The van der Waals surface area contributed by atoms with Gasteiger partial charge in [0, 0.05) is 19.6 Å². The second kappa shape index (κ2) is 11.9. The van der Waals surface area contributed by atoms with E-state index in [0.717, 1.165) is 12.0 Å². The van der Waals surface area contributed by atoms with Crippen molar-refractivity contribution in [3.8, 4) is 11.5 Å². The first-order valence-corrected chi connectivity index (χ1v) is 8.79. The molecule has 0 bridgehead atoms. The predicted octanol–water partition coefficient (Wildman–Crippen LogP) is 4.45. The van der Waals surface area contributed by atoms with Crippen LogP contribution in [-0.4, -0.2) is 37.5 Å². The van der Waals surface area contributed by atoms with Gasteiger partial charge in [-0.25, -0.2) is 4.79 Å². The Balaban J connectivity index is 0.00000163. The van der Waals surface area contributed by atoms with E-state index in [1.165, 1.54) is 12.1 Å². The van der Waals surface area contributed by atoms with Crippen LogP contribution in [0.5, 0.6) is 11.5 Å². The lowest BCUT2D eigenvalue weighted by Crippen LogP contribution is -2.18. The molecule has 5 heteroatoms. The van der Waals surface area contributed by atoms with Gasteiger partial charge in [-0.05, 0) is 24.6 Å². The van der Waals surface area contributed by atoms with Crippen molar-refractivity contribution in [1.82, 2.24) is 0 Å². The largest absolute Gasteiger partial charge is 0.493 e. The third-order valence-corrected chi connectivity index (χ3v) is 3.37. The lowest BCUT2D eigenvalue weighted by Gasteiger charge is -2.15. The molecule has 0 aliphatic carbocycles. The Kier molecular flexibility index (Phi) is 9.87. The Hall–Kier alpha value is -2.53. The second-order valence-electron chi connectivity index (χ2n) is 5.47. The number of ether oxygens (including phenoxy) is 3. The molecular formula is C21H28O5. The molecule has 2 rings (SSSR count). The number of carboxylic acid groups (broad SMARTS) is 1. The van der Waals surface area contributed by atoms with Gasteiger partial charge >= 0.3 is 5.97 Å². The number of carboxylic acids is 1. The van der Waals surface area contributed by atoms with Crippen LogP contribution in [0, 0.1) is 0 Å². The summed E-state index contributed by atoms with van der Waals surface area (Å²) in [4.78, 5) is 11.3. The minimum Gasteiger partial charge on any atom is -0.493 e. The normalized spacial score (nSPS) is 11.1. The first-order valence-electron chi connectivity index (χ1n) is 8.79. The van der Waals surface area contributed by atoms with Gasteiger partial charge in [0.2, 0.25) is 0 Å². The highest BCUT2D eigenvalue weighted by atomic mass is 16.5. The van der Waals surface area contributed by atoms with Crippen LogP contribution in [0.25, 0.3) is 0 Å². The van der Waals surface area contributed by atoms with Crippen LogP contribution in [0.4, 0.5) is 0 Å². The molecule has 26 heavy (non-hydrogen) atoms. The highest BCUT2D eigenvalue weighted by Crippen LogP contribution is 2.24. The standard InChI is InChI=1S/C19H22O5.C2H6/c1-14(13-22-2)24-18-11-16(19(20)21)10-17(12-18)23-9-8-15-6-4-3-5-7-15;1-2/h3-7,10-12,14H,8-9,13H2,1-2H3,(H,20,21);1-2H3/t14-;/m0./s1. The Morgan fingerprint density at radius 1 is 1.08 bits per heavy atom. The van der Waals surface area contributed by atoms with Crippen molar-refractivity contribution in [2.45, 2.75) is 33.3 Å². The number of methoxy groups -OCH3 is 1. The number of aromatic carboxylic acids is 1. The molecule has 0 saturated carbocycles. The third-order valence-electron chi connectivity index (χ3n) is 3.37. The molecule has 0 spiro atoms. The highest BCUT2D eigenvalue weighted by molar-refractivity contribution is 5.88. The van der Waals surface area contributed by atoms with Gasteiger partial charge in [-0.3, -0.25) is 0 Å². The molecule has 0 unspecified atom stereocenters. The fourth-order valence-electron chi connectivity index (χ4n) is 2.28. The first kappa shape index (κ1) is 21.5. The minimum atomic E-state index is -1.02. The van der Waals surface area contributed by atoms with Crippen LogP contribution in [0.15, 0.2) is 48.5 Å². The molecule has 0 aromatic heterocycles. The fourth-order valence-corrected chi connectivity index (χ4v) is 2.28. The van der Waals surface area contributed by atoms with Crippen molar-refractivity contribution in [3.05, 3.63) is 59.7 Å². The van der Waals surface area contributed by atoms with Gasteiger partial charge < -0.3 is 19.3 Å². The molecule has 1 atom stereocenters. The molecule has 0 aliphatic rings. The van der Waals surface area contributed by atoms with Crippen LogP contribution in [0.1, 0.15) is 36.7 Å². The molecule has 5 nitrogen and oxygen atoms in total. The predicted molar refractivity (Wildman–Crippen MR) is 102 cm³/mol. The third kappa shape index (κ3) is 7.57. The van der Waals surface area contributed by atoms with Crippen molar-refractivity contribution >= 4 is 5.97 Å². The maximum atomic E-state index is 11.3. The van der Waals surface area contributed by atoms with Crippen molar-refractivity contribution in [3.63, 3.8) is 0 Å². The number of rotatable bonds is 9. The Morgan fingerprint density at radius 3 is 2.35 bits per heavy atom. The molecule has 2 aromatic rings. The quantitative estimate of drug-likeness (QED) is 0.716. The molecule has 0 fully saturated rings. The van der Waals surface area contributed by atoms with Crippen molar-refractivity contribution in [2.24, 2.45) is 0 Å². The van der Waals surface area contributed by atoms with Gasteiger partial charge in [0.15, 0.2) is 0 Å². The van der Waals surface area contributed by atoms with Crippen molar-refractivity contribution in [1.29, 1.82) is 0 Å². The summed E-state index contributed by atoms with van der Waals surface area (Å²) in [7, 11) is 1.59. The van der Waals surface area contributed by atoms with E-state index in [9.17, 15) is 9.90 Å². The van der Waals surface area contributed by atoms with E-state index in [-0.39, 0.29) is 11.7 Å². The van der Waals surface area contributed by atoms with Gasteiger partial charge in [-0.2, -0.15) is 0 Å². The van der Waals surface area contributed by atoms with E-state index >= 15 is 0 Å². The van der Waals surface area contributed by atoms with Crippen LogP contribution in [0.3, 0.4) is 0 Å². The van der Waals surface area contributed by atoms with Crippen molar-refractivity contribution in [2.75, 3.05) is 20.3 Å². The zero-order valence-corrected chi connectivity index (χ0v) is 15.9. The maximum absolute atomic E-state index is 11.3. The SMILES string of the molecule is CC.COC[C@H](C)Oc1cc(OCCc2ccccc2)cc(C(=O)O)c1. The molecule has 1 N–H and O–H groups in total. The summed E-state index contributed by atoms with van der Waals surface area (Å²) in [5.41, 5.74) is 1.30. The van der Waals surface area contributed by atoms with Crippen LogP contribution >= 0.6 is 0 Å². The van der Waals surface area contributed by atoms with E-state index in [1.807, 2.05) is 51.1 Å². The molecule has 2 aromatic carbocycles. The number of hydrogen-bond donors (Lipinski definition) is 1. The highest BCUT2D eigenvalue weighted by Gasteiger charge is 2.11. The van der Waals surface area contributed by atoms with Gasteiger partial charge in [-0.1, -0.05) is 44.2 Å². The number of benzene rings is 2. The smallest absolute Gasteiger partial charge is 0.335 e. The summed E-state index contributed by atoms with van der Waals surface area (Å²) < 4.78 is 16.4. The topological polar surface area (TPSA) is 65.0 Å². The zero-order chi connectivity index (χ0) is 19.4. The lowest BCUT2D eigenvalue weighted by molar-refractivity contribution is 0.0693. The van der Waals surface area contributed by atoms with Crippen LogP contribution in [-0.2, 0) is 11.2 Å². The fraction of sp³-hybridized carbons (Fsp3) is 0.381. The van der Waals surface area contributed by atoms with Gasteiger partial charge in [0.1, 0.15) is 17.6 Å². The van der Waals surface area contributed by atoms with Crippen LogP contribution in [0.2, 0.25) is 0 Å². The lowest BCUT2D eigenvalue weighted by atomic mass is 10.1. The summed E-state index contributed by atoms with van der Waals surface area (Å²) in [6.45, 7) is 6.73. The summed E-state index contributed by atoms with van der Waals surface area (Å²) in [6, 6.07) is 14.7. The van der Waals surface area contributed by atoms with Gasteiger partial charge in [-0.15, -0.1) is 0 Å². The molecular weight excluding hydrogens is 332 g/mol. The maximum Gasteiger partial charge on any atom is 0.335 e. The number of carbonyl (C=O) groups is 1. The minimum absolute atomic E-state index is 0.131. The summed E-state index contributed by atoms with van der Waals surface area (Å²) in [5, 5.41) is 9.24. The Bertz CT molecular complexity index is 655. The molecule has 0 radical (unpaired) electrons. The second-order valence-corrected chi connectivity index (χ2v) is 5.47. The average Bonchev–Trinajstić information content (AvgIpc) is 2.64. The Morgan fingerprint density at radius 2 is 1.73 bits per heavy atom. The Labute approximate surface area is 155 Å². The van der Waals surface area contributed by atoms with E-state index < -0.39 is 5.97 Å².